The van der Waals surface area contributed by atoms with Crippen molar-refractivity contribution in [2.75, 3.05) is 40.9 Å². The van der Waals surface area contributed by atoms with Crippen molar-refractivity contribution in [2.45, 2.75) is 341 Å². The molecule has 0 fully saturated rings. The Kier molecular flexibility index (Phi) is 60.9. The van der Waals surface area contributed by atoms with Gasteiger partial charge >= 0.3 is 0 Å². The first kappa shape index (κ1) is 78.9. The van der Waals surface area contributed by atoms with Crippen LogP contribution >= 0.6 is 7.82 Å². The number of nitrogens with zero attached hydrogens (tertiary/aromatic N) is 1. The van der Waals surface area contributed by atoms with Gasteiger partial charge in [-0.05, 0) is 64.2 Å². The number of aliphatic hydroxyl groups is 1. The molecule has 474 valence electrons. The zero-order valence-electron chi connectivity index (χ0n) is 54.2. The summed E-state index contributed by atoms with van der Waals surface area (Å²) in [5, 5.41) is 14.1. The predicted octanol–water partition coefficient (Wildman–Crippen LogP) is 21.5. The molecule has 0 saturated carbocycles. The summed E-state index contributed by atoms with van der Waals surface area (Å²) in [6.07, 6.45) is 86.9. The van der Waals surface area contributed by atoms with Gasteiger partial charge in [0.05, 0.1) is 39.9 Å². The highest BCUT2D eigenvalue weighted by atomic mass is 31.2. The van der Waals surface area contributed by atoms with Crippen LogP contribution in [0.15, 0.2) is 72.9 Å². The number of phosphoric ester groups is 1. The molecule has 0 bridgehead atoms. The van der Waals surface area contributed by atoms with E-state index in [4.69, 9.17) is 9.05 Å². The number of rotatable bonds is 64. The number of amides is 1. The van der Waals surface area contributed by atoms with Gasteiger partial charge in [-0.25, -0.2) is 0 Å². The fourth-order valence-corrected chi connectivity index (χ4v) is 11.1. The number of carbonyl (C=O) groups is 1. The number of unbranched alkanes of at least 4 members (excludes halogenated alkanes) is 39. The summed E-state index contributed by atoms with van der Waals surface area (Å²) in [4.78, 5) is 25.6. The summed E-state index contributed by atoms with van der Waals surface area (Å²) in [7, 11) is 1.32. The van der Waals surface area contributed by atoms with E-state index in [0.29, 0.717) is 23.9 Å². The molecule has 1 amide bonds. The highest BCUT2D eigenvalue weighted by Crippen LogP contribution is 2.38. The first-order valence-electron chi connectivity index (χ1n) is 34.8. The summed E-state index contributed by atoms with van der Waals surface area (Å²) < 4.78 is 23.5. The Morgan fingerprint density at radius 1 is 0.444 bits per heavy atom. The number of allylic oxidation sites excluding steroid dienone is 12. The first-order chi connectivity index (χ1) is 39.5. The highest BCUT2D eigenvalue weighted by Gasteiger charge is 2.24. The molecule has 0 aromatic carbocycles. The monoisotopic (exact) mass is 1160 g/mol. The molecule has 0 saturated heterocycles. The Morgan fingerprint density at radius 2 is 0.753 bits per heavy atom. The lowest BCUT2D eigenvalue weighted by Gasteiger charge is -2.30. The number of aliphatic hydroxyl groups excluding tert-OH is 1. The molecular formula is C72H135N2O6P. The van der Waals surface area contributed by atoms with Gasteiger partial charge in [-0.3, -0.25) is 9.36 Å². The van der Waals surface area contributed by atoms with Crippen LogP contribution in [0, 0.1) is 0 Å². The zero-order chi connectivity index (χ0) is 59.1. The summed E-state index contributed by atoms with van der Waals surface area (Å²) in [6, 6.07) is -0.802. The molecule has 0 aliphatic heterocycles. The lowest BCUT2D eigenvalue weighted by Crippen LogP contribution is -2.46. The first-order valence-corrected chi connectivity index (χ1v) is 36.2. The average molecular weight is 1160 g/mol. The molecule has 0 aromatic heterocycles. The molecule has 0 spiro atoms. The number of likely N-dealkylation sites (N-methyl/N-ethyl adjacent to an activating group) is 1. The van der Waals surface area contributed by atoms with Crippen molar-refractivity contribution >= 4 is 13.7 Å². The van der Waals surface area contributed by atoms with E-state index in [0.717, 1.165) is 77.0 Å². The predicted molar refractivity (Wildman–Crippen MR) is 353 cm³/mol. The van der Waals surface area contributed by atoms with E-state index in [-0.39, 0.29) is 19.1 Å². The molecule has 2 N–H and O–H groups in total. The van der Waals surface area contributed by atoms with Crippen molar-refractivity contribution in [3.8, 4) is 0 Å². The molecule has 0 aliphatic carbocycles. The maximum Gasteiger partial charge on any atom is 0.268 e. The third kappa shape index (κ3) is 65.3. The third-order valence-electron chi connectivity index (χ3n) is 15.7. The van der Waals surface area contributed by atoms with Crippen LogP contribution in [0.5, 0.6) is 0 Å². The number of nitrogens with one attached hydrogen (secondary N) is 1. The normalized spacial score (nSPS) is 14.1. The summed E-state index contributed by atoms with van der Waals surface area (Å²) in [6.45, 7) is 4.65. The standard InChI is InChI=1S/C72H135N2O6P/c1-6-8-10-12-14-16-18-20-22-24-26-28-29-30-31-32-33-34-35-36-37-38-39-40-41-42-43-44-45-46-48-50-52-54-56-58-60-62-64-66-72(76)73-70(69-80-81(77,78)79-68-67-74(3,4)5)71(75)65-63-61-59-57-55-53-51-49-47-27-25-23-21-19-17-15-13-11-9-7-2/h8,10,14,16,20,22,26,28,30-31,33-34,70-71,75H,6-7,9,11-13,15,17-19,21,23-25,27,29,32,35-69H2,1-5H3,(H-,73,76,77,78)/b10-8-,16-14-,22-20-,28-26-,31-30-,34-33-. The Labute approximate surface area is 504 Å². The number of phosphoric acid groups is 1. The Hall–Kier alpha value is -2.06. The minimum atomic E-state index is -4.58. The van der Waals surface area contributed by atoms with E-state index in [2.05, 4.69) is 92.1 Å². The molecule has 8 nitrogen and oxygen atoms in total. The second-order valence-corrected chi connectivity index (χ2v) is 26.3. The molecule has 9 heteroatoms. The fraction of sp³-hybridized carbons (Fsp3) is 0.819. The summed E-state index contributed by atoms with van der Waals surface area (Å²) in [5.74, 6) is -0.160. The summed E-state index contributed by atoms with van der Waals surface area (Å²) >= 11 is 0. The van der Waals surface area contributed by atoms with Gasteiger partial charge in [-0.1, -0.05) is 331 Å². The summed E-state index contributed by atoms with van der Waals surface area (Å²) in [5.41, 5.74) is 0. The minimum absolute atomic E-state index is 0.0128. The van der Waals surface area contributed by atoms with E-state index < -0.39 is 20.0 Å². The van der Waals surface area contributed by atoms with Crippen LogP contribution in [0.2, 0.25) is 0 Å². The van der Waals surface area contributed by atoms with Gasteiger partial charge in [0.25, 0.3) is 7.82 Å². The van der Waals surface area contributed by atoms with E-state index in [1.54, 1.807) is 0 Å². The molecule has 3 unspecified atom stereocenters. The quantitative estimate of drug-likeness (QED) is 0.0272. The zero-order valence-corrected chi connectivity index (χ0v) is 55.1. The van der Waals surface area contributed by atoms with Crippen LogP contribution in [0.25, 0.3) is 0 Å². The van der Waals surface area contributed by atoms with Gasteiger partial charge in [0.1, 0.15) is 13.2 Å². The van der Waals surface area contributed by atoms with Crippen LogP contribution in [-0.2, 0) is 18.4 Å². The highest BCUT2D eigenvalue weighted by molar-refractivity contribution is 7.45. The minimum Gasteiger partial charge on any atom is -0.756 e. The van der Waals surface area contributed by atoms with E-state index in [1.807, 2.05) is 21.1 Å². The van der Waals surface area contributed by atoms with Crippen LogP contribution in [0.3, 0.4) is 0 Å². The topological polar surface area (TPSA) is 108 Å². The number of hydrogen-bond acceptors (Lipinski definition) is 6. The number of quaternary nitrogens is 1. The third-order valence-corrected chi connectivity index (χ3v) is 16.7. The van der Waals surface area contributed by atoms with Crippen molar-refractivity contribution in [1.82, 2.24) is 5.32 Å². The fourth-order valence-electron chi connectivity index (χ4n) is 10.3. The van der Waals surface area contributed by atoms with Gasteiger partial charge in [-0.15, -0.1) is 0 Å². The molecule has 3 atom stereocenters. The van der Waals surface area contributed by atoms with Crippen molar-refractivity contribution in [3.63, 3.8) is 0 Å². The van der Waals surface area contributed by atoms with Gasteiger partial charge in [0, 0.05) is 6.42 Å². The maximum atomic E-state index is 13.0. The number of hydrogen-bond donors (Lipinski definition) is 2. The molecule has 0 heterocycles. The van der Waals surface area contributed by atoms with Gasteiger partial charge in [0.15, 0.2) is 0 Å². The second kappa shape index (κ2) is 62.5. The van der Waals surface area contributed by atoms with Crippen molar-refractivity contribution in [2.24, 2.45) is 0 Å². The molecule has 0 aromatic rings. The SMILES string of the molecule is CC/C=C\C/C=C\C/C=C\C/C=C\C/C=C\C/C=C\CCCCCCCCCCCCCCCCCCCCCCC(=O)NC(COP(=O)([O-])OCC[N+](C)(C)C)C(O)CCCCCCCCCCCCCCCCCCCCCC. The van der Waals surface area contributed by atoms with E-state index in [9.17, 15) is 19.4 Å². The van der Waals surface area contributed by atoms with Crippen molar-refractivity contribution in [1.29, 1.82) is 0 Å². The molecule has 0 aliphatic rings. The van der Waals surface area contributed by atoms with Gasteiger partial charge < -0.3 is 28.8 Å². The Bertz CT molecular complexity index is 1550. The van der Waals surface area contributed by atoms with Crippen molar-refractivity contribution in [3.05, 3.63) is 72.9 Å². The molecule has 81 heavy (non-hydrogen) atoms. The lowest BCUT2D eigenvalue weighted by atomic mass is 10.0. The van der Waals surface area contributed by atoms with Crippen molar-refractivity contribution < 1.29 is 32.9 Å². The molecule has 0 rings (SSSR count). The van der Waals surface area contributed by atoms with E-state index >= 15 is 0 Å². The van der Waals surface area contributed by atoms with E-state index in [1.165, 1.54) is 225 Å². The van der Waals surface area contributed by atoms with Crippen LogP contribution in [0.4, 0.5) is 0 Å². The van der Waals surface area contributed by atoms with Crippen LogP contribution in [0.1, 0.15) is 328 Å². The molecular weight excluding hydrogens is 1020 g/mol. The number of carbonyl (C=O) groups excluding carboxylic acids is 1. The van der Waals surface area contributed by atoms with Crippen LogP contribution < -0.4 is 10.2 Å². The Balaban J connectivity index is 3.95. The molecule has 0 radical (unpaired) electrons. The second-order valence-electron chi connectivity index (χ2n) is 24.9. The van der Waals surface area contributed by atoms with Gasteiger partial charge in [0.2, 0.25) is 5.91 Å². The maximum absolute atomic E-state index is 13.0. The smallest absolute Gasteiger partial charge is 0.268 e. The average Bonchev–Trinajstić information content (AvgIpc) is 3.43. The Morgan fingerprint density at radius 3 is 1.10 bits per heavy atom. The van der Waals surface area contributed by atoms with Crippen LogP contribution in [-0.4, -0.2) is 68.5 Å². The largest absolute Gasteiger partial charge is 0.756 e. The van der Waals surface area contributed by atoms with Gasteiger partial charge in [-0.2, -0.15) is 0 Å². The lowest BCUT2D eigenvalue weighted by molar-refractivity contribution is -0.870.